The highest BCUT2D eigenvalue weighted by Crippen LogP contribution is 2.44. The summed E-state index contributed by atoms with van der Waals surface area (Å²) in [6.45, 7) is 3.24. The standard InChI is InChI=1S/C14H17F2NO/c1-9-4-5-10(13(16)12(9)15)14(18)6-8-17-7-2-3-11(14)17/h4-5,11,18H,2-3,6-8H2,1H3. The van der Waals surface area contributed by atoms with Gasteiger partial charge in [0.05, 0.1) is 0 Å². The molecule has 0 saturated carbocycles. The number of benzene rings is 1. The number of aliphatic hydroxyl groups is 1. The topological polar surface area (TPSA) is 23.5 Å². The van der Waals surface area contributed by atoms with Crippen molar-refractivity contribution >= 4 is 0 Å². The molecule has 0 bridgehead atoms. The van der Waals surface area contributed by atoms with Gasteiger partial charge >= 0.3 is 0 Å². The van der Waals surface area contributed by atoms with Crippen molar-refractivity contribution in [3.8, 4) is 0 Å². The summed E-state index contributed by atoms with van der Waals surface area (Å²) >= 11 is 0. The summed E-state index contributed by atoms with van der Waals surface area (Å²) in [4.78, 5) is 2.18. The predicted octanol–water partition coefficient (Wildman–Crippen LogP) is 2.33. The molecule has 2 aliphatic rings. The van der Waals surface area contributed by atoms with Crippen LogP contribution in [0, 0.1) is 18.6 Å². The first-order chi connectivity index (χ1) is 8.54. The zero-order valence-corrected chi connectivity index (χ0v) is 10.4. The van der Waals surface area contributed by atoms with E-state index in [0.29, 0.717) is 6.42 Å². The second kappa shape index (κ2) is 4.00. The SMILES string of the molecule is Cc1ccc(C2(O)CCN3CCCC32)c(F)c1F. The molecule has 98 valence electrons. The average molecular weight is 253 g/mol. The van der Waals surface area contributed by atoms with Crippen molar-refractivity contribution in [3.05, 3.63) is 34.9 Å². The van der Waals surface area contributed by atoms with Gasteiger partial charge in [0, 0.05) is 18.2 Å². The van der Waals surface area contributed by atoms with E-state index >= 15 is 0 Å². The van der Waals surface area contributed by atoms with E-state index in [9.17, 15) is 13.9 Å². The lowest BCUT2D eigenvalue weighted by Crippen LogP contribution is -2.39. The van der Waals surface area contributed by atoms with E-state index in [2.05, 4.69) is 4.90 Å². The van der Waals surface area contributed by atoms with Crippen LogP contribution in [0.15, 0.2) is 12.1 Å². The largest absolute Gasteiger partial charge is 0.383 e. The fraction of sp³-hybridized carbons (Fsp3) is 0.571. The number of fused-ring (bicyclic) bond motifs is 1. The van der Waals surface area contributed by atoms with E-state index in [1.54, 1.807) is 6.07 Å². The van der Waals surface area contributed by atoms with E-state index in [1.807, 2.05) is 0 Å². The summed E-state index contributed by atoms with van der Waals surface area (Å²) in [5.41, 5.74) is -0.823. The number of hydrogen-bond acceptors (Lipinski definition) is 2. The molecule has 2 atom stereocenters. The first-order valence-corrected chi connectivity index (χ1v) is 6.45. The Balaban J connectivity index is 2.07. The monoisotopic (exact) mass is 253 g/mol. The van der Waals surface area contributed by atoms with E-state index in [4.69, 9.17) is 0 Å². The van der Waals surface area contributed by atoms with Crippen LogP contribution in [0.3, 0.4) is 0 Å². The lowest BCUT2D eigenvalue weighted by atomic mass is 9.84. The van der Waals surface area contributed by atoms with Crippen LogP contribution in [-0.4, -0.2) is 29.1 Å². The van der Waals surface area contributed by atoms with E-state index < -0.39 is 17.2 Å². The summed E-state index contributed by atoms with van der Waals surface area (Å²) in [5.74, 6) is -1.72. The number of hydrogen-bond donors (Lipinski definition) is 1. The molecule has 18 heavy (non-hydrogen) atoms. The van der Waals surface area contributed by atoms with Gasteiger partial charge in [0.2, 0.25) is 0 Å². The summed E-state index contributed by atoms with van der Waals surface area (Å²) in [5, 5.41) is 10.8. The molecule has 0 aromatic heterocycles. The second-order valence-electron chi connectivity index (χ2n) is 5.43. The van der Waals surface area contributed by atoms with Crippen molar-refractivity contribution in [2.45, 2.75) is 37.8 Å². The molecule has 2 saturated heterocycles. The van der Waals surface area contributed by atoms with Crippen LogP contribution in [0.4, 0.5) is 8.78 Å². The van der Waals surface area contributed by atoms with Gasteiger partial charge in [-0.1, -0.05) is 12.1 Å². The average Bonchev–Trinajstić information content (AvgIpc) is 2.92. The first-order valence-electron chi connectivity index (χ1n) is 6.45. The van der Waals surface area contributed by atoms with Gasteiger partial charge in [-0.15, -0.1) is 0 Å². The minimum atomic E-state index is -1.23. The van der Waals surface area contributed by atoms with Gasteiger partial charge in [-0.3, -0.25) is 4.90 Å². The van der Waals surface area contributed by atoms with Gasteiger partial charge in [-0.2, -0.15) is 0 Å². The zero-order valence-electron chi connectivity index (χ0n) is 10.4. The van der Waals surface area contributed by atoms with Crippen LogP contribution in [-0.2, 0) is 5.60 Å². The molecule has 0 radical (unpaired) electrons. The Morgan fingerprint density at radius 1 is 1.28 bits per heavy atom. The molecule has 0 spiro atoms. The highest BCUT2D eigenvalue weighted by molar-refractivity contribution is 5.32. The molecule has 0 aliphatic carbocycles. The fourth-order valence-corrected chi connectivity index (χ4v) is 3.41. The maximum Gasteiger partial charge on any atom is 0.165 e. The van der Waals surface area contributed by atoms with E-state index in [0.717, 1.165) is 25.9 Å². The number of nitrogens with zero attached hydrogens (tertiary/aromatic N) is 1. The zero-order chi connectivity index (χ0) is 12.9. The molecule has 1 aromatic rings. The van der Waals surface area contributed by atoms with Gasteiger partial charge in [0.1, 0.15) is 5.60 Å². The molecule has 2 aliphatic heterocycles. The highest BCUT2D eigenvalue weighted by atomic mass is 19.2. The third-order valence-electron chi connectivity index (χ3n) is 4.44. The molecule has 2 heterocycles. The molecular formula is C14H17F2NO. The Morgan fingerprint density at radius 2 is 2.06 bits per heavy atom. The lowest BCUT2D eigenvalue weighted by Gasteiger charge is -2.30. The van der Waals surface area contributed by atoms with Crippen LogP contribution in [0.5, 0.6) is 0 Å². The van der Waals surface area contributed by atoms with Crippen LogP contribution in [0.25, 0.3) is 0 Å². The number of halogens is 2. The Morgan fingerprint density at radius 3 is 2.83 bits per heavy atom. The summed E-state index contributed by atoms with van der Waals surface area (Å²) in [7, 11) is 0. The molecular weight excluding hydrogens is 236 g/mol. The molecule has 1 aromatic carbocycles. The number of rotatable bonds is 1. The molecule has 0 amide bonds. The summed E-state index contributed by atoms with van der Waals surface area (Å²) < 4.78 is 27.7. The van der Waals surface area contributed by atoms with Gasteiger partial charge in [0.15, 0.2) is 11.6 Å². The highest BCUT2D eigenvalue weighted by Gasteiger charge is 2.50. The Labute approximate surface area is 105 Å². The maximum absolute atomic E-state index is 14.1. The second-order valence-corrected chi connectivity index (χ2v) is 5.43. The first kappa shape index (κ1) is 12.1. The molecule has 3 rings (SSSR count). The van der Waals surface area contributed by atoms with Crippen LogP contribution < -0.4 is 0 Å². The smallest absolute Gasteiger partial charge is 0.165 e. The Bertz CT molecular complexity index is 491. The quantitative estimate of drug-likeness (QED) is 0.830. The van der Waals surface area contributed by atoms with Gasteiger partial charge < -0.3 is 5.11 Å². The maximum atomic E-state index is 14.1. The van der Waals surface area contributed by atoms with Gasteiger partial charge in [0.25, 0.3) is 0 Å². The van der Waals surface area contributed by atoms with Crippen molar-refractivity contribution in [2.75, 3.05) is 13.1 Å². The normalized spacial score (nSPS) is 31.9. The molecule has 2 nitrogen and oxygen atoms in total. The molecule has 4 heteroatoms. The van der Waals surface area contributed by atoms with Crippen LogP contribution >= 0.6 is 0 Å². The predicted molar refractivity (Wildman–Crippen MR) is 64.2 cm³/mol. The Kier molecular flexibility index (Phi) is 2.68. The van der Waals surface area contributed by atoms with E-state index in [-0.39, 0.29) is 17.2 Å². The minimum Gasteiger partial charge on any atom is -0.383 e. The van der Waals surface area contributed by atoms with Gasteiger partial charge in [-0.05, 0) is 38.3 Å². The minimum absolute atomic E-state index is 0.0610. The van der Waals surface area contributed by atoms with Crippen molar-refractivity contribution in [3.63, 3.8) is 0 Å². The van der Waals surface area contributed by atoms with Crippen molar-refractivity contribution in [2.24, 2.45) is 0 Å². The Hall–Kier alpha value is -1.00. The van der Waals surface area contributed by atoms with Gasteiger partial charge in [-0.25, -0.2) is 8.78 Å². The third-order valence-corrected chi connectivity index (χ3v) is 4.44. The summed E-state index contributed by atoms with van der Waals surface area (Å²) in [6.07, 6.45) is 2.35. The molecule has 2 unspecified atom stereocenters. The van der Waals surface area contributed by atoms with Crippen LogP contribution in [0.2, 0.25) is 0 Å². The molecule has 2 fully saturated rings. The number of aryl methyl sites for hydroxylation is 1. The summed E-state index contributed by atoms with van der Waals surface area (Å²) in [6, 6.07) is 3.02. The van der Waals surface area contributed by atoms with E-state index in [1.165, 1.54) is 13.0 Å². The third kappa shape index (κ3) is 1.52. The van der Waals surface area contributed by atoms with Crippen molar-refractivity contribution < 1.29 is 13.9 Å². The molecule has 1 N–H and O–H groups in total. The van der Waals surface area contributed by atoms with Crippen molar-refractivity contribution in [1.82, 2.24) is 4.90 Å². The van der Waals surface area contributed by atoms with Crippen LogP contribution in [0.1, 0.15) is 30.4 Å². The lowest BCUT2D eigenvalue weighted by molar-refractivity contribution is 0.00562. The van der Waals surface area contributed by atoms with Crippen molar-refractivity contribution in [1.29, 1.82) is 0 Å². The fourth-order valence-electron chi connectivity index (χ4n) is 3.41.